The molecule has 27 heavy (non-hydrogen) atoms. The van der Waals surface area contributed by atoms with Crippen molar-refractivity contribution in [3.8, 4) is 5.88 Å². The Balaban J connectivity index is 1.81. The molecule has 5 nitrogen and oxygen atoms in total. The number of hydrogen-bond donors (Lipinski definition) is 2. The molecule has 0 saturated carbocycles. The molecule has 2 aromatic carbocycles. The highest BCUT2D eigenvalue weighted by atomic mass is 16.5. The average molecular weight is 364 g/mol. The number of anilines is 2. The molecular weight excluding hydrogens is 336 g/mol. The van der Waals surface area contributed by atoms with Gasteiger partial charge in [0.2, 0.25) is 11.8 Å². The Bertz CT molecular complexity index is 867. The molecule has 0 saturated heterocycles. The lowest BCUT2D eigenvalue weighted by Crippen LogP contribution is -2.17. The zero-order valence-electron chi connectivity index (χ0n) is 16.1. The summed E-state index contributed by atoms with van der Waals surface area (Å²) >= 11 is 0. The van der Waals surface area contributed by atoms with E-state index in [1.54, 1.807) is 0 Å². The summed E-state index contributed by atoms with van der Waals surface area (Å²) in [5, 5.41) is 4.19. The van der Waals surface area contributed by atoms with E-state index in [2.05, 4.69) is 53.4 Å². The van der Waals surface area contributed by atoms with Gasteiger partial charge in [-0.05, 0) is 43.0 Å². The number of rotatable bonds is 9. The van der Waals surface area contributed by atoms with Crippen LogP contribution < -0.4 is 15.8 Å². The predicted octanol–water partition coefficient (Wildman–Crippen LogP) is 4.82. The van der Waals surface area contributed by atoms with E-state index < -0.39 is 0 Å². The van der Waals surface area contributed by atoms with Crippen LogP contribution >= 0.6 is 0 Å². The zero-order chi connectivity index (χ0) is 19.1. The lowest BCUT2D eigenvalue weighted by molar-refractivity contribution is 0.181. The molecule has 0 aliphatic heterocycles. The molecule has 0 amide bonds. The molecule has 1 unspecified atom stereocenters. The predicted molar refractivity (Wildman–Crippen MR) is 112 cm³/mol. The van der Waals surface area contributed by atoms with Crippen LogP contribution in [0.15, 0.2) is 48.5 Å². The van der Waals surface area contributed by atoms with Gasteiger partial charge in [0.05, 0.1) is 10.9 Å². The Morgan fingerprint density at radius 2 is 1.89 bits per heavy atom. The SMILES string of the molecule is CCCC(CC)Oc1nc(NCCc2ccccc2)nc2ccc(N)cc12. The van der Waals surface area contributed by atoms with Gasteiger partial charge in [-0.2, -0.15) is 4.98 Å². The number of nitrogens with one attached hydrogen (secondary N) is 1. The number of nitrogen functional groups attached to an aromatic ring is 1. The van der Waals surface area contributed by atoms with Gasteiger partial charge in [0.1, 0.15) is 6.10 Å². The smallest absolute Gasteiger partial charge is 0.226 e. The normalized spacial score (nSPS) is 12.1. The summed E-state index contributed by atoms with van der Waals surface area (Å²) in [6.45, 7) is 5.06. The van der Waals surface area contributed by atoms with E-state index in [0.29, 0.717) is 17.5 Å². The Morgan fingerprint density at radius 3 is 2.63 bits per heavy atom. The van der Waals surface area contributed by atoms with Gasteiger partial charge in [-0.3, -0.25) is 0 Å². The van der Waals surface area contributed by atoms with Crippen molar-refractivity contribution in [2.75, 3.05) is 17.6 Å². The first kappa shape index (κ1) is 19.0. The van der Waals surface area contributed by atoms with E-state index in [1.807, 2.05) is 24.3 Å². The van der Waals surface area contributed by atoms with Gasteiger partial charge in [-0.15, -0.1) is 0 Å². The number of benzene rings is 2. The molecule has 0 spiro atoms. The maximum absolute atomic E-state index is 6.23. The third-order valence-electron chi connectivity index (χ3n) is 4.57. The molecule has 0 aliphatic rings. The van der Waals surface area contributed by atoms with Crippen molar-refractivity contribution in [2.24, 2.45) is 0 Å². The minimum absolute atomic E-state index is 0.145. The summed E-state index contributed by atoms with van der Waals surface area (Å²) in [5.74, 6) is 1.19. The number of hydrogen-bond acceptors (Lipinski definition) is 5. The average Bonchev–Trinajstić information content (AvgIpc) is 2.69. The molecule has 3 rings (SSSR count). The molecule has 1 atom stereocenters. The maximum atomic E-state index is 6.23. The van der Waals surface area contributed by atoms with Gasteiger partial charge in [-0.25, -0.2) is 4.98 Å². The van der Waals surface area contributed by atoms with Gasteiger partial charge in [-0.1, -0.05) is 50.6 Å². The first-order valence-corrected chi connectivity index (χ1v) is 9.71. The van der Waals surface area contributed by atoms with Gasteiger partial charge in [0.15, 0.2) is 0 Å². The molecule has 142 valence electrons. The fourth-order valence-corrected chi connectivity index (χ4v) is 3.08. The Hall–Kier alpha value is -2.82. The molecule has 1 aromatic heterocycles. The zero-order valence-corrected chi connectivity index (χ0v) is 16.1. The third-order valence-corrected chi connectivity index (χ3v) is 4.57. The fourth-order valence-electron chi connectivity index (χ4n) is 3.08. The fraction of sp³-hybridized carbons (Fsp3) is 0.364. The molecule has 0 radical (unpaired) electrons. The van der Waals surface area contributed by atoms with Crippen molar-refractivity contribution < 1.29 is 4.74 Å². The summed E-state index contributed by atoms with van der Waals surface area (Å²) in [4.78, 5) is 9.27. The van der Waals surface area contributed by atoms with Crippen LogP contribution in [0.3, 0.4) is 0 Å². The first-order chi connectivity index (χ1) is 13.2. The molecule has 1 heterocycles. The molecule has 3 N–H and O–H groups in total. The lowest BCUT2D eigenvalue weighted by Gasteiger charge is -2.18. The van der Waals surface area contributed by atoms with Crippen LogP contribution in [0.25, 0.3) is 10.9 Å². The molecule has 0 fully saturated rings. The second-order valence-corrected chi connectivity index (χ2v) is 6.73. The van der Waals surface area contributed by atoms with E-state index in [0.717, 1.165) is 43.1 Å². The second-order valence-electron chi connectivity index (χ2n) is 6.73. The monoisotopic (exact) mass is 364 g/mol. The van der Waals surface area contributed by atoms with Gasteiger partial charge in [0.25, 0.3) is 0 Å². The number of nitrogens with two attached hydrogens (primary N) is 1. The number of ether oxygens (including phenoxy) is 1. The summed E-state index contributed by atoms with van der Waals surface area (Å²) in [5.41, 5.74) is 8.77. The van der Waals surface area contributed by atoms with E-state index in [4.69, 9.17) is 10.5 Å². The van der Waals surface area contributed by atoms with Crippen molar-refractivity contribution in [2.45, 2.75) is 45.6 Å². The first-order valence-electron chi connectivity index (χ1n) is 9.71. The summed E-state index contributed by atoms with van der Waals surface area (Å²) < 4.78 is 6.23. The third kappa shape index (κ3) is 5.09. The summed E-state index contributed by atoms with van der Waals surface area (Å²) in [6.07, 6.45) is 4.07. The van der Waals surface area contributed by atoms with Gasteiger partial charge in [0, 0.05) is 12.2 Å². The van der Waals surface area contributed by atoms with Crippen molar-refractivity contribution >= 4 is 22.5 Å². The van der Waals surface area contributed by atoms with Crippen LogP contribution in [-0.2, 0) is 6.42 Å². The maximum Gasteiger partial charge on any atom is 0.226 e. The molecule has 0 bridgehead atoms. The minimum Gasteiger partial charge on any atom is -0.474 e. The van der Waals surface area contributed by atoms with Crippen molar-refractivity contribution in [3.05, 3.63) is 54.1 Å². The Labute approximate surface area is 161 Å². The summed E-state index contributed by atoms with van der Waals surface area (Å²) in [7, 11) is 0. The van der Waals surface area contributed by atoms with Crippen LogP contribution in [0.2, 0.25) is 0 Å². The molecule has 0 aliphatic carbocycles. The highest BCUT2D eigenvalue weighted by Gasteiger charge is 2.14. The molecule has 5 heteroatoms. The van der Waals surface area contributed by atoms with Crippen LogP contribution in [0.5, 0.6) is 5.88 Å². The number of nitrogens with zero attached hydrogens (tertiary/aromatic N) is 2. The quantitative estimate of drug-likeness (QED) is 0.532. The Morgan fingerprint density at radius 1 is 1.07 bits per heavy atom. The second kappa shape index (κ2) is 9.21. The number of aromatic nitrogens is 2. The topological polar surface area (TPSA) is 73.1 Å². The van der Waals surface area contributed by atoms with Crippen molar-refractivity contribution in [3.63, 3.8) is 0 Å². The van der Waals surface area contributed by atoms with Crippen LogP contribution in [0.4, 0.5) is 11.6 Å². The highest BCUT2D eigenvalue weighted by Crippen LogP contribution is 2.28. The van der Waals surface area contributed by atoms with E-state index >= 15 is 0 Å². The highest BCUT2D eigenvalue weighted by molar-refractivity contribution is 5.87. The summed E-state index contributed by atoms with van der Waals surface area (Å²) in [6, 6.07) is 16.0. The van der Waals surface area contributed by atoms with Crippen molar-refractivity contribution in [1.82, 2.24) is 9.97 Å². The van der Waals surface area contributed by atoms with Crippen LogP contribution in [0.1, 0.15) is 38.7 Å². The molecule has 3 aromatic rings. The van der Waals surface area contributed by atoms with Crippen LogP contribution in [-0.4, -0.2) is 22.6 Å². The molecular formula is C22H28N4O. The largest absolute Gasteiger partial charge is 0.474 e. The van der Waals surface area contributed by atoms with E-state index in [-0.39, 0.29) is 6.10 Å². The van der Waals surface area contributed by atoms with E-state index in [9.17, 15) is 0 Å². The van der Waals surface area contributed by atoms with Gasteiger partial charge < -0.3 is 15.8 Å². The standard InChI is InChI=1S/C22H28N4O/c1-3-8-18(4-2)27-21-19-15-17(23)11-12-20(19)25-22(26-21)24-14-13-16-9-6-5-7-10-16/h5-7,9-12,15,18H,3-4,8,13-14,23H2,1-2H3,(H,24,25,26). The van der Waals surface area contributed by atoms with Crippen molar-refractivity contribution in [1.29, 1.82) is 0 Å². The minimum atomic E-state index is 0.145. The van der Waals surface area contributed by atoms with Crippen LogP contribution in [0, 0.1) is 0 Å². The number of fused-ring (bicyclic) bond motifs is 1. The lowest BCUT2D eigenvalue weighted by atomic mass is 10.1. The van der Waals surface area contributed by atoms with Gasteiger partial charge >= 0.3 is 0 Å². The Kier molecular flexibility index (Phi) is 6.47. The van der Waals surface area contributed by atoms with E-state index in [1.165, 1.54) is 5.56 Å².